The number of benzene rings is 2. The van der Waals surface area contributed by atoms with Crippen LogP contribution in [0.1, 0.15) is 42.1 Å². The third-order valence-corrected chi connectivity index (χ3v) is 8.78. The zero-order chi connectivity index (χ0) is 26.7. The van der Waals surface area contributed by atoms with Crippen molar-refractivity contribution in [3.63, 3.8) is 0 Å². The summed E-state index contributed by atoms with van der Waals surface area (Å²) in [5, 5.41) is 25.1. The average molecular weight is 521 g/mol. The van der Waals surface area contributed by atoms with Crippen molar-refractivity contribution in [1.29, 1.82) is 0 Å². The molecule has 2 heterocycles. The number of carbonyl (C=O) groups excluding carboxylic acids is 2. The number of ether oxygens (including phenoxy) is 3. The van der Waals surface area contributed by atoms with Crippen LogP contribution in [0.3, 0.4) is 0 Å². The van der Waals surface area contributed by atoms with E-state index in [2.05, 4.69) is 10.2 Å². The number of esters is 1. The number of hydrogen-bond donors (Lipinski definition) is 3. The van der Waals surface area contributed by atoms with Crippen LogP contribution in [0.15, 0.2) is 54.3 Å². The molecule has 2 aromatic carbocycles. The first-order valence-corrected chi connectivity index (χ1v) is 13.0. The largest absolute Gasteiger partial charge is 0.493 e. The number of aliphatic hydroxyl groups excluding tert-OH is 1. The summed E-state index contributed by atoms with van der Waals surface area (Å²) in [5.41, 5.74) is 0.741. The van der Waals surface area contributed by atoms with Gasteiger partial charge >= 0.3 is 5.97 Å². The molecule has 1 amide bonds. The van der Waals surface area contributed by atoms with Gasteiger partial charge < -0.3 is 34.6 Å². The Kier molecular flexibility index (Phi) is 5.97. The molecule has 3 N–H and O–H groups in total. The topological polar surface area (TPSA) is 118 Å². The molecule has 0 saturated carbocycles. The van der Waals surface area contributed by atoms with Crippen molar-refractivity contribution in [3.05, 3.63) is 71.0 Å². The highest BCUT2D eigenvalue weighted by Crippen LogP contribution is 2.65. The van der Waals surface area contributed by atoms with E-state index in [-0.39, 0.29) is 19.0 Å². The van der Waals surface area contributed by atoms with Crippen molar-refractivity contribution in [2.45, 2.75) is 54.9 Å². The molecule has 1 saturated heterocycles. The maximum Gasteiger partial charge on any atom is 0.312 e. The minimum Gasteiger partial charge on any atom is -0.493 e. The van der Waals surface area contributed by atoms with E-state index in [9.17, 15) is 19.8 Å². The van der Waals surface area contributed by atoms with Crippen LogP contribution >= 0.6 is 0 Å². The van der Waals surface area contributed by atoms with Crippen LogP contribution in [0.2, 0.25) is 0 Å². The summed E-state index contributed by atoms with van der Waals surface area (Å²) in [7, 11) is 3.63. The predicted molar refractivity (Wildman–Crippen MR) is 137 cm³/mol. The highest BCUT2D eigenvalue weighted by atomic mass is 16.6. The third kappa shape index (κ3) is 3.49. The van der Waals surface area contributed by atoms with Gasteiger partial charge in [0.1, 0.15) is 5.76 Å². The van der Waals surface area contributed by atoms with Crippen LogP contribution in [-0.2, 0) is 26.2 Å². The third-order valence-electron chi connectivity index (χ3n) is 8.78. The Balaban J connectivity index is 1.20. The molecule has 2 bridgehead atoms. The highest BCUT2D eigenvalue weighted by Gasteiger charge is 2.72. The van der Waals surface area contributed by atoms with Crippen molar-refractivity contribution >= 4 is 11.9 Å². The van der Waals surface area contributed by atoms with E-state index in [1.54, 1.807) is 43.5 Å². The van der Waals surface area contributed by atoms with Gasteiger partial charge in [-0.05, 0) is 49.7 Å². The normalized spacial score (nSPS) is 29.4. The van der Waals surface area contributed by atoms with Crippen LogP contribution in [0.25, 0.3) is 0 Å². The highest BCUT2D eigenvalue weighted by molar-refractivity contribution is 5.82. The predicted octanol–water partition coefficient (Wildman–Crippen LogP) is 1.76. The van der Waals surface area contributed by atoms with Gasteiger partial charge in [-0.2, -0.15) is 0 Å². The van der Waals surface area contributed by atoms with E-state index < -0.39 is 35.1 Å². The van der Waals surface area contributed by atoms with Gasteiger partial charge in [0.25, 0.3) is 5.91 Å². The molecule has 9 heteroatoms. The molecule has 6 rings (SSSR count). The molecule has 1 fully saturated rings. The number of piperidine rings is 1. The lowest BCUT2D eigenvalue weighted by Gasteiger charge is -2.61. The first kappa shape index (κ1) is 24.9. The summed E-state index contributed by atoms with van der Waals surface area (Å²) in [4.78, 5) is 27.4. The summed E-state index contributed by atoms with van der Waals surface area (Å²) in [6.45, 7) is 0.792. The molecular weight excluding hydrogens is 488 g/mol. The number of nitrogens with zero attached hydrogens (tertiary/aromatic N) is 1. The van der Waals surface area contributed by atoms with Crippen molar-refractivity contribution in [1.82, 2.24) is 10.2 Å². The smallest absolute Gasteiger partial charge is 0.312 e. The number of likely N-dealkylation sites (tertiary alicyclic amines) is 1. The molecular formula is C29H32N2O7. The molecule has 1 spiro atoms. The molecule has 2 aromatic rings. The Morgan fingerprint density at radius 2 is 2.03 bits per heavy atom. The SMILES string of the molecule is COc1ccc2c3c1OC1C(OC(=O)CCNC(=O)C(O)c4ccccc4)=CC[C@@]4(O)[C@@H](C2)N(C)CCC314. The second-order valence-corrected chi connectivity index (χ2v) is 10.6. The Bertz CT molecular complexity index is 1310. The van der Waals surface area contributed by atoms with E-state index in [1.165, 1.54) is 0 Å². The van der Waals surface area contributed by atoms with Gasteiger partial charge in [0, 0.05) is 24.6 Å². The Labute approximate surface area is 221 Å². The van der Waals surface area contributed by atoms with Crippen LogP contribution in [-0.4, -0.2) is 72.0 Å². The maximum absolute atomic E-state index is 12.9. The van der Waals surface area contributed by atoms with Crippen molar-refractivity contribution < 1.29 is 34.0 Å². The molecule has 0 aromatic heterocycles. The fraction of sp³-hybridized carbons (Fsp3) is 0.448. The quantitative estimate of drug-likeness (QED) is 0.473. The number of aliphatic hydroxyl groups is 2. The molecule has 4 aliphatic rings. The molecule has 9 nitrogen and oxygen atoms in total. The number of amides is 1. The van der Waals surface area contributed by atoms with Crippen molar-refractivity contribution in [2.75, 3.05) is 27.2 Å². The summed E-state index contributed by atoms with van der Waals surface area (Å²) in [5.74, 6) is 0.475. The number of likely N-dealkylation sites (N-methyl/N-ethyl adjacent to an activating group) is 1. The molecule has 2 aliphatic carbocycles. The fourth-order valence-corrected chi connectivity index (χ4v) is 6.94. The minimum atomic E-state index is -1.32. The molecule has 200 valence electrons. The summed E-state index contributed by atoms with van der Waals surface area (Å²) in [6, 6.07) is 12.4. The van der Waals surface area contributed by atoms with E-state index in [4.69, 9.17) is 14.2 Å². The second kappa shape index (κ2) is 9.11. The number of nitrogens with one attached hydrogen (secondary N) is 1. The molecule has 5 atom stereocenters. The maximum atomic E-state index is 12.9. The van der Waals surface area contributed by atoms with Crippen LogP contribution < -0.4 is 14.8 Å². The Morgan fingerprint density at radius 1 is 1.24 bits per heavy atom. The Hall–Kier alpha value is -3.40. The van der Waals surface area contributed by atoms with Gasteiger partial charge in [-0.3, -0.25) is 9.59 Å². The number of methoxy groups -OCH3 is 1. The van der Waals surface area contributed by atoms with Crippen LogP contribution in [0.5, 0.6) is 11.5 Å². The van der Waals surface area contributed by atoms with Gasteiger partial charge in [-0.1, -0.05) is 36.4 Å². The summed E-state index contributed by atoms with van der Waals surface area (Å²) in [6.07, 6.45) is 1.39. The monoisotopic (exact) mass is 520 g/mol. The lowest BCUT2D eigenvalue weighted by atomic mass is 9.50. The average Bonchev–Trinajstić information content (AvgIpc) is 3.28. The van der Waals surface area contributed by atoms with Crippen LogP contribution in [0.4, 0.5) is 0 Å². The van der Waals surface area contributed by atoms with E-state index in [0.717, 1.165) is 17.7 Å². The van der Waals surface area contributed by atoms with E-state index >= 15 is 0 Å². The zero-order valence-electron chi connectivity index (χ0n) is 21.5. The van der Waals surface area contributed by atoms with Gasteiger partial charge in [0.15, 0.2) is 23.7 Å². The number of carbonyl (C=O) groups is 2. The molecule has 3 unspecified atom stereocenters. The Morgan fingerprint density at radius 3 is 2.79 bits per heavy atom. The van der Waals surface area contributed by atoms with Gasteiger partial charge in [-0.25, -0.2) is 0 Å². The van der Waals surface area contributed by atoms with E-state index in [1.807, 2.05) is 19.2 Å². The van der Waals surface area contributed by atoms with Gasteiger partial charge in [0.2, 0.25) is 0 Å². The minimum absolute atomic E-state index is 0.0144. The van der Waals surface area contributed by atoms with Crippen molar-refractivity contribution in [2.24, 2.45) is 0 Å². The van der Waals surface area contributed by atoms with Crippen molar-refractivity contribution in [3.8, 4) is 11.5 Å². The van der Waals surface area contributed by atoms with Crippen LogP contribution in [0, 0.1) is 0 Å². The lowest BCUT2D eigenvalue weighted by molar-refractivity contribution is -0.169. The van der Waals surface area contributed by atoms with E-state index in [0.29, 0.717) is 42.1 Å². The molecule has 38 heavy (non-hydrogen) atoms. The number of hydrogen-bond acceptors (Lipinski definition) is 8. The first-order valence-electron chi connectivity index (χ1n) is 13.0. The summed E-state index contributed by atoms with van der Waals surface area (Å²) >= 11 is 0. The lowest BCUT2D eigenvalue weighted by Crippen LogP contribution is -2.74. The molecule has 2 aliphatic heterocycles. The fourth-order valence-electron chi connectivity index (χ4n) is 6.94. The standard InChI is InChI=1S/C29H32N2O7/c1-31-15-13-28-23-18-8-9-19(36-2)25(23)38-26(28)20(10-12-29(28,35)21(31)16-18)37-22(32)11-14-30-27(34)24(33)17-6-4-3-5-7-17/h3-10,21,24,26,33,35H,11-16H2,1-2H3,(H,30,34)/t21-,24?,26?,28?,29-/m1/s1. The zero-order valence-corrected chi connectivity index (χ0v) is 21.5. The molecule has 0 radical (unpaired) electrons. The number of rotatable bonds is 7. The second-order valence-electron chi connectivity index (χ2n) is 10.6. The first-order chi connectivity index (χ1) is 18.3. The van der Waals surface area contributed by atoms with Gasteiger partial charge in [-0.15, -0.1) is 0 Å². The summed E-state index contributed by atoms with van der Waals surface area (Å²) < 4.78 is 17.9. The van der Waals surface area contributed by atoms with Gasteiger partial charge in [0.05, 0.1) is 24.5 Å².